The van der Waals surface area contributed by atoms with Crippen molar-refractivity contribution in [2.24, 2.45) is 5.41 Å². The molecule has 2 aliphatic heterocycles. The first-order valence-electron chi connectivity index (χ1n) is 7.74. The summed E-state index contributed by atoms with van der Waals surface area (Å²) in [5, 5.41) is 0. The van der Waals surface area contributed by atoms with Gasteiger partial charge in [0.15, 0.2) is 0 Å². The van der Waals surface area contributed by atoms with E-state index in [-0.39, 0.29) is 11.3 Å². The average molecular weight is 297 g/mol. The van der Waals surface area contributed by atoms with E-state index in [4.69, 9.17) is 4.42 Å². The largest absolute Gasteiger partial charge is 0.468 e. The van der Waals surface area contributed by atoms with Gasteiger partial charge in [0.2, 0.25) is 5.91 Å². The molecule has 5 nitrogen and oxygen atoms in total. The molecule has 1 spiro atoms. The average Bonchev–Trinajstić information content (AvgIpc) is 3.07. The fraction of sp³-hybridized carbons (Fsp3) is 0.412. The number of carbonyl (C=O) groups excluding carboxylic acids is 1. The van der Waals surface area contributed by atoms with Gasteiger partial charge in [-0.25, -0.2) is 0 Å². The van der Waals surface area contributed by atoms with Crippen LogP contribution in [0.4, 0.5) is 5.69 Å². The van der Waals surface area contributed by atoms with Gasteiger partial charge < -0.3 is 9.32 Å². The predicted octanol–water partition coefficient (Wildman–Crippen LogP) is 2.30. The Kier molecular flexibility index (Phi) is 3.22. The molecule has 1 amide bonds. The van der Waals surface area contributed by atoms with Crippen molar-refractivity contribution in [2.75, 3.05) is 24.5 Å². The van der Waals surface area contributed by atoms with Crippen LogP contribution >= 0.6 is 0 Å². The van der Waals surface area contributed by atoms with Crippen molar-refractivity contribution in [3.05, 3.63) is 48.7 Å². The van der Waals surface area contributed by atoms with Crippen LogP contribution in [-0.4, -0.2) is 35.4 Å². The zero-order valence-electron chi connectivity index (χ0n) is 12.4. The molecule has 0 radical (unpaired) electrons. The molecular formula is C17H19N3O2. The van der Waals surface area contributed by atoms with Gasteiger partial charge in [0.1, 0.15) is 5.76 Å². The molecule has 2 aliphatic rings. The lowest BCUT2D eigenvalue weighted by Crippen LogP contribution is -2.65. The van der Waals surface area contributed by atoms with Gasteiger partial charge in [-0.2, -0.15) is 0 Å². The van der Waals surface area contributed by atoms with Crippen LogP contribution in [0.5, 0.6) is 0 Å². The number of aromatic nitrogens is 1. The van der Waals surface area contributed by atoms with Crippen LogP contribution in [-0.2, 0) is 11.3 Å². The Morgan fingerprint density at radius 2 is 2.09 bits per heavy atom. The monoisotopic (exact) mass is 297 g/mol. The number of pyridine rings is 1. The van der Waals surface area contributed by atoms with E-state index in [2.05, 4.69) is 9.88 Å². The minimum atomic E-state index is -0.143. The van der Waals surface area contributed by atoms with Gasteiger partial charge in [0.25, 0.3) is 0 Å². The van der Waals surface area contributed by atoms with E-state index < -0.39 is 0 Å². The van der Waals surface area contributed by atoms with Gasteiger partial charge in [-0.1, -0.05) is 0 Å². The Morgan fingerprint density at radius 3 is 2.73 bits per heavy atom. The van der Waals surface area contributed by atoms with Crippen LogP contribution in [0.1, 0.15) is 18.6 Å². The van der Waals surface area contributed by atoms with Crippen LogP contribution < -0.4 is 4.90 Å². The number of amides is 1. The molecule has 2 saturated heterocycles. The molecule has 0 aliphatic carbocycles. The first kappa shape index (κ1) is 13.5. The van der Waals surface area contributed by atoms with Crippen LogP contribution in [0.25, 0.3) is 0 Å². The number of furan rings is 1. The molecule has 114 valence electrons. The van der Waals surface area contributed by atoms with E-state index in [0.717, 1.165) is 50.5 Å². The summed E-state index contributed by atoms with van der Waals surface area (Å²) in [6.45, 7) is 3.57. The van der Waals surface area contributed by atoms with Gasteiger partial charge in [-0.05, 0) is 50.2 Å². The van der Waals surface area contributed by atoms with Gasteiger partial charge in [0, 0.05) is 12.7 Å². The number of carbonyl (C=O) groups is 1. The summed E-state index contributed by atoms with van der Waals surface area (Å²) in [5.41, 5.74) is 0.770. The highest BCUT2D eigenvalue weighted by molar-refractivity contribution is 6.04. The molecule has 0 N–H and O–H groups in total. The summed E-state index contributed by atoms with van der Waals surface area (Å²) in [6.07, 6.45) is 7.07. The SMILES string of the molecule is O=C1N(c2cccnc2)CC12CCN(Cc1ccco1)CC2. The molecule has 4 rings (SSSR count). The van der Waals surface area contributed by atoms with E-state index in [1.165, 1.54) is 0 Å². The summed E-state index contributed by atoms with van der Waals surface area (Å²) in [4.78, 5) is 20.9. The van der Waals surface area contributed by atoms with Crippen molar-refractivity contribution in [3.63, 3.8) is 0 Å². The molecule has 22 heavy (non-hydrogen) atoms. The summed E-state index contributed by atoms with van der Waals surface area (Å²) in [6, 6.07) is 7.74. The maximum absolute atomic E-state index is 12.6. The second-order valence-electron chi connectivity index (χ2n) is 6.24. The topological polar surface area (TPSA) is 49.6 Å². The van der Waals surface area contributed by atoms with E-state index in [0.29, 0.717) is 0 Å². The van der Waals surface area contributed by atoms with Crippen LogP contribution in [0.3, 0.4) is 0 Å². The lowest BCUT2D eigenvalue weighted by atomic mass is 9.71. The number of nitrogens with zero attached hydrogens (tertiary/aromatic N) is 3. The summed E-state index contributed by atoms with van der Waals surface area (Å²) in [5.74, 6) is 1.26. The Bertz CT molecular complexity index is 646. The number of anilines is 1. The Balaban J connectivity index is 1.37. The molecular weight excluding hydrogens is 278 g/mol. The van der Waals surface area contributed by atoms with E-state index in [1.54, 1.807) is 18.7 Å². The highest BCUT2D eigenvalue weighted by atomic mass is 16.3. The second-order valence-corrected chi connectivity index (χ2v) is 6.24. The first-order chi connectivity index (χ1) is 10.8. The number of hydrogen-bond donors (Lipinski definition) is 0. The Labute approximate surface area is 129 Å². The van der Waals surface area contributed by atoms with Crippen molar-refractivity contribution in [1.82, 2.24) is 9.88 Å². The molecule has 0 atom stereocenters. The smallest absolute Gasteiger partial charge is 0.235 e. The number of rotatable bonds is 3. The maximum atomic E-state index is 12.6. The third-order valence-electron chi connectivity index (χ3n) is 4.89. The van der Waals surface area contributed by atoms with E-state index in [1.807, 2.05) is 29.2 Å². The standard InChI is InChI=1S/C17H19N3O2/c21-16-17(13-20(16)14-3-1-7-18-11-14)5-8-19(9-6-17)12-15-4-2-10-22-15/h1-4,7,10-11H,5-6,8-9,12-13H2. The summed E-state index contributed by atoms with van der Waals surface area (Å²) < 4.78 is 5.40. The lowest BCUT2D eigenvalue weighted by Gasteiger charge is -2.52. The van der Waals surface area contributed by atoms with Crippen molar-refractivity contribution in [3.8, 4) is 0 Å². The molecule has 5 heteroatoms. The summed E-state index contributed by atoms with van der Waals surface area (Å²) in [7, 11) is 0. The van der Waals surface area contributed by atoms with Crippen molar-refractivity contribution in [2.45, 2.75) is 19.4 Å². The van der Waals surface area contributed by atoms with Crippen molar-refractivity contribution in [1.29, 1.82) is 0 Å². The normalized spacial score (nSPS) is 21.1. The van der Waals surface area contributed by atoms with Crippen molar-refractivity contribution < 1.29 is 9.21 Å². The zero-order chi connectivity index (χ0) is 15.0. The molecule has 0 unspecified atom stereocenters. The molecule has 0 aromatic carbocycles. The van der Waals surface area contributed by atoms with Gasteiger partial charge in [0.05, 0.1) is 30.1 Å². The van der Waals surface area contributed by atoms with E-state index >= 15 is 0 Å². The van der Waals surface area contributed by atoms with Crippen LogP contribution in [0.15, 0.2) is 47.3 Å². The Morgan fingerprint density at radius 1 is 1.23 bits per heavy atom. The number of β-lactam (4-membered cyclic amide) rings is 1. The third-order valence-corrected chi connectivity index (χ3v) is 4.89. The molecule has 4 heterocycles. The minimum Gasteiger partial charge on any atom is -0.468 e. The molecule has 2 fully saturated rings. The van der Waals surface area contributed by atoms with Crippen molar-refractivity contribution >= 4 is 11.6 Å². The minimum absolute atomic E-state index is 0.143. The van der Waals surface area contributed by atoms with Gasteiger partial charge >= 0.3 is 0 Å². The maximum Gasteiger partial charge on any atom is 0.235 e. The highest BCUT2D eigenvalue weighted by Crippen LogP contribution is 2.43. The highest BCUT2D eigenvalue weighted by Gasteiger charge is 2.53. The quantitative estimate of drug-likeness (QED) is 0.816. The lowest BCUT2D eigenvalue weighted by molar-refractivity contribution is -0.138. The molecule has 0 saturated carbocycles. The fourth-order valence-corrected chi connectivity index (χ4v) is 3.49. The first-order valence-corrected chi connectivity index (χ1v) is 7.74. The number of piperidine rings is 1. The van der Waals surface area contributed by atoms with E-state index in [9.17, 15) is 4.79 Å². The molecule has 0 bridgehead atoms. The van der Waals surface area contributed by atoms with Crippen LogP contribution in [0.2, 0.25) is 0 Å². The summed E-state index contributed by atoms with van der Waals surface area (Å²) >= 11 is 0. The predicted molar refractivity (Wildman–Crippen MR) is 82.2 cm³/mol. The van der Waals surface area contributed by atoms with Gasteiger partial charge in [-0.15, -0.1) is 0 Å². The number of likely N-dealkylation sites (tertiary alicyclic amines) is 1. The fourth-order valence-electron chi connectivity index (χ4n) is 3.49. The van der Waals surface area contributed by atoms with Crippen LogP contribution in [0, 0.1) is 5.41 Å². The number of hydrogen-bond acceptors (Lipinski definition) is 4. The molecule has 2 aromatic rings. The zero-order valence-corrected chi connectivity index (χ0v) is 12.4. The second kappa shape index (κ2) is 5.25. The Hall–Kier alpha value is -2.14. The third kappa shape index (κ3) is 2.22. The molecule has 2 aromatic heterocycles. The van der Waals surface area contributed by atoms with Gasteiger partial charge in [-0.3, -0.25) is 14.7 Å².